The van der Waals surface area contributed by atoms with E-state index in [1.54, 1.807) is 4.52 Å². The molecule has 1 aliphatic rings. The molecule has 6 nitrogen and oxygen atoms in total. The number of hydrogen-bond donors (Lipinski definition) is 0. The van der Waals surface area contributed by atoms with Crippen molar-refractivity contribution in [2.45, 2.75) is 53.1 Å². The Kier molecular flexibility index (Phi) is 4.62. The van der Waals surface area contributed by atoms with Crippen LogP contribution in [0.5, 0.6) is 0 Å². The molecule has 0 radical (unpaired) electrons. The third kappa shape index (κ3) is 3.26. The second-order valence-corrected chi connectivity index (χ2v) is 8.55. The van der Waals surface area contributed by atoms with Gasteiger partial charge in [0.25, 0.3) is 5.78 Å². The van der Waals surface area contributed by atoms with Gasteiger partial charge in [0.05, 0.1) is 0 Å². The highest BCUT2D eigenvalue weighted by Crippen LogP contribution is 2.48. The predicted octanol–water partition coefficient (Wildman–Crippen LogP) is 4.19. The van der Waals surface area contributed by atoms with Crippen LogP contribution in [0.3, 0.4) is 0 Å². The molecule has 0 aliphatic heterocycles. The number of halogens is 1. The molecule has 0 fully saturated rings. The van der Waals surface area contributed by atoms with Crippen LogP contribution in [0, 0.1) is 19.3 Å². The summed E-state index contributed by atoms with van der Waals surface area (Å²) in [6.45, 7) is 8.14. The molecule has 1 aromatic carbocycles. The standard InChI is InChI=1S/C21H23ClN4O2/c1-12-16(13(2)26-20(25-12)23-11-24-26)7-8-18(27)28-19-17-9-15(22)6-5-14(17)10-21(19,3)4/h5-6,9,11,19H,7-8,10H2,1-4H3/t19-/m1/s1. The molecule has 0 unspecified atom stereocenters. The van der Waals surface area contributed by atoms with Gasteiger partial charge in [0.1, 0.15) is 12.4 Å². The smallest absolute Gasteiger partial charge is 0.306 e. The summed E-state index contributed by atoms with van der Waals surface area (Å²) in [7, 11) is 0. The Hall–Kier alpha value is -2.47. The van der Waals surface area contributed by atoms with Crippen LogP contribution in [0.1, 0.15) is 54.5 Å². The molecule has 1 aliphatic carbocycles. The maximum atomic E-state index is 12.7. The molecule has 3 aromatic rings. The Morgan fingerprint density at radius 1 is 1.36 bits per heavy atom. The molecular weight excluding hydrogens is 376 g/mol. The number of fused-ring (bicyclic) bond motifs is 2. The quantitative estimate of drug-likeness (QED) is 0.616. The van der Waals surface area contributed by atoms with E-state index in [2.05, 4.69) is 28.9 Å². The van der Waals surface area contributed by atoms with Crippen LogP contribution in [0.15, 0.2) is 24.5 Å². The highest BCUT2D eigenvalue weighted by atomic mass is 35.5. The monoisotopic (exact) mass is 398 g/mol. The van der Waals surface area contributed by atoms with Crippen molar-refractivity contribution >= 4 is 23.3 Å². The summed E-state index contributed by atoms with van der Waals surface area (Å²) in [5.41, 5.74) is 4.87. The molecule has 0 saturated carbocycles. The number of hydrogen-bond acceptors (Lipinski definition) is 5. The summed E-state index contributed by atoms with van der Waals surface area (Å²) in [5, 5.41) is 4.86. The SMILES string of the molecule is Cc1nc2ncnn2c(C)c1CCC(=O)O[C@@H]1c2cc(Cl)ccc2CC1(C)C. The van der Waals surface area contributed by atoms with Crippen LogP contribution in [0.2, 0.25) is 5.02 Å². The lowest BCUT2D eigenvalue weighted by Crippen LogP contribution is -2.23. The minimum absolute atomic E-state index is 0.157. The lowest BCUT2D eigenvalue weighted by atomic mass is 9.87. The summed E-state index contributed by atoms with van der Waals surface area (Å²) in [4.78, 5) is 21.3. The fraction of sp³-hybridized carbons (Fsp3) is 0.429. The van der Waals surface area contributed by atoms with Crippen LogP contribution < -0.4 is 0 Å². The zero-order chi connectivity index (χ0) is 20.1. The van der Waals surface area contributed by atoms with Crippen molar-refractivity contribution in [2.75, 3.05) is 0 Å². The van der Waals surface area contributed by atoms with Crippen LogP contribution in [0.4, 0.5) is 0 Å². The number of aromatic nitrogens is 4. The van der Waals surface area contributed by atoms with Gasteiger partial charge in [0.15, 0.2) is 0 Å². The lowest BCUT2D eigenvalue weighted by molar-refractivity contribution is -0.154. The molecule has 0 spiro atoms. The Labute approximate surface area is 168 Å². The van der Waals surface area contributed by atoms with Crippen molar-refractivity contribution in [3.63, 3.8) is 0 Å². The van der Waals surface area contributed by atoms with Gasteiger partial charge in [-0.2, -0.15) is 10.1 Å². The van der Waals surface area contributed by atoms with Gasteiger partial charge in [-0.25, -0.2) is 9.50 Å². The molecule has 4 rings (SSSR count). The molecular formula is C21H23ClN4O2. The topological polar surface area (TPSA) is 69.4 Å². The Balaban J connectivity index is 1.51. The number of ether oxygens (including phenoxy) is 1. The van der Waals surface area contributed by atoms with E-state index in [9.17, 15) is 4.79 Å². The second kappa shape index (κ2) is 6.85. The zero-order valence-electron chi connectivity index (χ0n) is 16.5. The van der Waals surface area contributed by atoms with Gasteiger partial charge in [-0.05, 0) is 55.5 Å². The van der Waals surface area contributed by atoms with Crippen LogP contribution in [-0.2, 0) is 22.4 Å². The van der Waals surface area contributed by atoms with Gasteiger partial charge in [0, 0.05) is 28.2 Å². The first-order chi connectivity index (χ1) is 13.3. The third-order valence-corrected chi connectivity index (χ3v) is 5.80. The van der Waals surface area contributed by atoms with Gasteiger partial charge in [-0.15, -0.1) is 0 Å². The van der Waals surface area contributed by atoms with E-state index in [-0.39, 0.29) is 23.9 Å². The minimum Gasteiger partial charge on any atom is -0.457 e. The molecule has 2 aromatic heterocycles. The number of benzene rings is 1. The van der Waals surface area contributed by atoms with Crippen LogP contribution >= 0.6 is 11.6 Å². The maximum absolute atomic E-state index is 12.7. The van der Waals surface area contributed by atoms with E-state index in [0.717, 1.165) is 28.9 Å². The van der Waals surface area contributed by atoms with E-state index in [4.69, 9.17) is 16.3 Å². The average Bonchev–Trinajstić information content (AvgIpc) is 3.17. The largest absolute Gasteiger partial charge is 0.457 e. The first-order valence-electron chi connectivity index (χ1n) is 9.40. The number of esters is 1. The van der Waals surface area contributed by atoms with Gasteiger partial charge in [0.2, 0.25) is 0 Å². The van der Waals surface area contributed by atoms with Gasteiger partial charge >= 0.3 is 5.97 Å². The number of rotatable bonds is 4. The number of aryl methyl sites for hydroxylation is 2. The summed E-state index contributed by atoms with van der Waals surface area (Å²) < 4.78 is 7.63. The first kappa shape index (κ1) is 18.9. The fourth-order valence-corrected chi connectivity index (χ4v) is 4.31. The molecule has 146 valence electrons. The second-order valence-electron chi connectivity index (χ2n) is 8.11. The van der Waals surface area contributed by atoms with Crippen molar-refractivity contribution in [3.05, 3.63) is 57.6 Å². The van der Waals surface area contributed by atoms with Gasteiger partial charge < -0.3 is 4.74 Å². The molecule has 28 heavy (non-hydrogen) atoms. The zero-order valence-corrected chi connectivity index (χ0v) is 17.2. The first-order valence-corrected chi connectivity index (χ1v) is 9.77. The van der Waals surface area contributed by atoms with Crippen LogP contribution in [-0.4, -0.2) is 25.6 Å². The van der Waals surface area contributed by atoms with Crippen molar-refractivity contribution in [2.24, 2.45) is 5.41 Å². The summed E-state index contributed by atoms with van der Waals surface area (Å²) in [6.07, 6.45) is 2.90. The summed E-state index contributed by atoms with van der Waals surface area (Å²) in [6, 6.07) is 5.83. The van der Waals surface area contributed by atoms with Gasteiger partial charge in [-0.1, -0.05) is 31.5 Å². The van der Waals surface area contributed by atoms with Crippen molar-refractivity contribution < 1.29 is 9.53 Å². The fourth-order valence-electron chi connectivity index (χ4n) is 4.13. The Bertz CT molecular complexity index is 1070. The average molecular weight is 399 g/mol. The van der Waals surface area contributed by atoms with Crippen LogP contribution in [0.25, 0.3) is 5.78 Å². The number of nitrogens with zero attached hydrogens (tertiary/aromatic N) is 4. The number of carbonyl (C=O) groups is 1. The molecule has 1 atom stereocenters. The molecule has 7 heteroatoms. The van der Waals surface area contributed by atoms with E-state index >= 15 is 0 Å². The number of carbonyl (C=O) groups excluding carboxylic acids is 1. The molecule has 0 bridgehead atoms. The molecule has 2 heterocycles. The van der Waals surface area contributed by atoms with E-state index in [0.29, 0.717) is 17.2 Å². The van der Waals surface area contributed by atoms with E-state index in [1.165, 1.54) is 11.9 Å². The molecule has 0 amide bonds. The molecule has 0 saturated heterocycles. The van der Waals surface area contributed by atoms with E-state index < -0.39 is 0 Å². The molecule has 0 N–H and O–H groups in total. The van der Waals surface area contributed by atoms with Crippen molar-refractivity contribution in [1.29, 1.82) is 0 Å². The maximum Gasteiger partial charge on any atom is 0.306 e. The Morgan fingerprint density at radius 2 is 2.14 bits per heavy atom. The highest BCUT2D eigenvalue weighted by molar-refractivity contribution is 6.30. The third-order valence-electron chi connectivity index (χ3n) is 5.56. The van der Waals surface area contributed by atoms with Gasteiger partial charge in [-0.3, -0.25) is 4.79 Å². The van der Waals surface area contributed by atoms with Crippen molar-refractivity contribution in [1.82, 2.24) is 19.6 Å². The lowest BCUT2D eigenvalue weighted by Gasteiger charge is -2.27. The predicted molar refractivity (Wildman–Crippen MR) is 106 cm³/mol. The Morgan fingerprint density at radius 3 is 2.93 bits per heavy atom. The summed E-state index contributed by atoms with van der Waals surface area (Å²) in [5.74, 6) is 0.353. The highest BCUT2D eigenvalue weighted by Gasteiger charge is 2.41. The summed E-state index contributed by atoms with van der Waals surface area (Å²) >= 11 is 6.17. The van der Waals surface area contributed by atoms with Crippen molar-refractivity contribution in [3.8, 4) is 0 Å². The van der Waals surface area contributed by atoms with E-state index in [1.807, 2.05) is 32.0 Å². The minimum atomic E-state index is -0.285. The normalized spacial score (nSPS) is 17.7.